The minimum atomic E-state index is -0.208. The predicted octanol–water partition coefficient (Wildman–Crippen LogP) is 2.82. The highest BCUT2D eigenvalue weighted by Gasteiger charge is 2.40. The molecule has 2 aromatic heterocycles. The van der Waals surface area contributed by atoms with Crippen LogP contribution in [0.1, 0.15) is 54.9 Å². The molecule has 8 heteroatoms. The van der Waals surface area contributed by atoms with Gasteiger partial charge in [0.05, 0.1) is 23.0 Å². The van der Waals surface area contributed by atoms with E-state index in [0.29, 0.717) is 31.2 Å². The standard InChI is InChI=1S/C21H29N5O3/c1-13(2)9-17-12-29-21(28)25(17)16-5-7-24(8-6-16)20(27)18-11-22-19-10-14(3)23-26(19)15(18)4/h10-11,13,16-17H,5-9,12H2,1-4H3/t17-/m1/s1. The minimum absolute atomic E-state index is 0.0220. The van der Waals surface area contributed by atoms with Crippen LogP contribution in [0.3, 0.4) is 0 Å². The van der Waals surface area contributed by atoms with Gasteiger partial charge in [-0.05, 0) is 39.0 Å². The van der Waals surface area contributed by atoms with E-state index in [1.807, 2.05) is 29.7 Å². The number of aromatic nitrogens is 3. The number of aryl methyl sites for hydroxylation is 2. The first-order valence-corrected chi connectivity index (χ1v) is 10.4. The molecule has 2 aliphatic heterocycles. The molecule has 0 N–H and O–H groups in total. The molecule has 0 spiro atoms. The van der Waals surface area contributed by atoms with Gasteiger partial charge < -0.3 is 9.64 Å². The Hall–Kier alpha value is -2.64. The lowest BCUT2D eigenvalue weighted by molar-refractivity contribution is 0.0628. The van der Waals surface area contributed by atoms with E-state index in [9.17, 15) is 9.59 Å². The molecule has 2 amide bonds. The zero-order valence-corrected chi connectivity index (χ0v) is 17.6. The van der Waals surface area contributed by atoms with Gasteiger partial charge in [0.25, 0.3) is 5.91 Å². The summed E-state index contributed by atoms with van der Waals surface area (Å²) in [6.45, 7) is 9.86. The van der Waals surface area contributed by atoms with Crippen molar-refractivity contribution < 1.29 is 14.3 Å². The number of carbonyl (C=O) groups is 2. The third-order valence-electron chi connectivity index (χ3n) is 5.97. The molecule has 0 radical (unpaired) electrons. The number of nitrogens with zero attached hydrogens (tertiary/aromatic N) is 5. The van der Waals surface area contributed by atoms with Gasteiger partial charge in [-0.1, -0.05) is 13.8 Å². The molecular formula is C21H29N5O3. The zero-order chi connectivity index (χ0) is 20.7. The van der Waals surface area contributed by atoms with E-state index in [1.165, 1.54) is 0 Å². The van der Waals surface area contributed by atoms with E-state index in [4.69, 9.17) is 4.74 Å². The first-order valence-electron chi connectivity index (χ1n) is 10.4. The van der Waals surface area contributed by atoms with Crippen LogP contribution in [0.25, 0.3) is 5.65 Å². The van der Waals surface area contributed by atoms with Crippen molar-refractivity contribution in [3.8, 4) is 0 Å². The summed E-state index contributed by atoms with van der Waals surface area (Å²) >= 11 is 0. The maximum absolute atomic E-state index is 13.1. The fourth-order valence-corrected chi connectivity index (χ4v) is 4.53. The Morgan fingerprint density at radius 3 is 2.69 bits per heavy atom. The summed E-state index contributed by atoms with van der Waals surface area (Å²) in [7, 11) is 0. The third-order valence-corrected chi connectivity index (χ3v) is 5.97. The maximum atomic E-state index is 13.1. The lowest BCUT2D eigenvalue weighted by atomic mass is 9.98. The number of rotatable bonds is 4. The Kier molecular flexibility index (Phi) is 5.19. The maximum Gasteiger partial charge on any atom is 0.410 e. The Labute approximate surface area is 170 Å². The molecule has 156 valence electrons. The van der Waals surface area contributed by atoms with Crippen molar-refractivity contribution >= 4 is 17.6 Å². The van der Waals surface area contributed by atoms with Gasteiger partial charge in [-0.3, -0.25) is 9.69 Å². The van der Waals surface area contributed by atoms with Crippen LogP contribution >= 0.6 is 0 Å². The van der Waals surface area contributed by atoms with E-state index >= 15 is 0 Å². The Bertz CT molecular complexity index is 930. The predicted molar refractivity (Wildman–Crippen MR) is 108 cm³/mol. The highest BCUT2D eigenvalue weighted by Crippen LogP contribution is 2.28. The Morgan fingerprint density at radius 2 is 2.00 bits per heavy atom. The second-order valence-electron chi connectivity index (χ2n) is 8.60. The molecule has 2 aliphatic rings. The molecule has 8 nitrogen and oxygen atoms in total. The minimum Gasteiger partial charge on any atom is -0.447 e. The summed E-state index contributed by atoms with van der Waals surface area (Å²) in [6, 6.07) is 2.18. The first kappa shape index (κ1) is 19.7. The Balaban J connectivity index is 1.45. The summed E-state index contributed by atoms with van der Waals surface area (Å²) in [5.74, 6) is 0.487. The quantitative estimate of drug-likeness (QED) is 0.790. The molecule has 0 saturated carbocycles. The van der Waals surface area contributed by atoms with Crippen LogP contribution in [0.2, 0.25) is 0 Å². The highest BCUT2D eigenvalue weighted by molar-refractivity contribution is 5.95. The van der Waals surface area contributed by atoms with Crippen molar-refractivity contribution in [3.05, 3.63) is 29.2 Å². The van der Waals surface area contributed by atoms with Crippen molar-refractivity contribution in [2.75, 3.05) is 19.7 Å². The molecular weight excluding hydrogens is 370 g/mol. The van der Waals surface area contributed by atoms with E-state index in [0.717, 1.165) is 36.3 Å². The van der Waals surface area contributed by atoms with Crippen molar-refractivity contribution in [3.63, 3.8) is 0 Å². The largest absolute Gasteiger partial charge is 0.447 e. The van der Waals surface area contributed by atoms with Crippen LogP contribution in [0.4, 0.5) is 4.79 Å². The molecule has 4 heterocycles. The highest BCUT2D eigenvalue weighted by atomic mass is 16.6. The SMILES string of the molecule is Cc1cc2ncc(C(=O)N3CCC(N4C(=O)OC[C@H]4CC(C)C)CC3)c(C)n2n1. The van der Waals surface area contributed by atoms with Crippen LogP contribution in [0, 0.1) is 19.8 Å². The molecule has 0 aromatic carbocycles. The molecule has 0 bridgehead atoms. The van der Waals surface area contributed by atoms with Crippen molar-refractivity contribution in [2.24, 2.45) is 5.92 Å². The van der Waals surface area contributed by atoms with Crippen molar-refractivity contribution in [1.29, 1.82) is 0 Å². The summed E-state index contributed by atoms with van der Waals surface area (Å²) in [6.07, 6.45) is 3.92. The molecule has 29 heavy (non-hydrogen) atoms. The molecule has 2 saturated heterocycles. The molecule has 4 rings (SSSR count). The van der Waals surface area contributed by atoms with E-state index in [2.05, 4.69) is 23.9 Å². The normalized spacial score (nSPS) is 20.7. The molecule has 2 fully saturated rings. The van der Waals surface area contributed by atoms with Gasteiger partial charge in [0.2, 0.25) is 0 Å². The van der Waals surface area contributed by atoms with Gasteiger partial charge in [-0.15, -0.1) is 0 Å². The van der Waals surface area contributed by atoms with Gasteiger partial charge in [0.15, 0.2) is 5.65 Å². The fraction of sp³-hybridized carbons (Fsp3) is 0.619. The van der Waals surface area contributed by atoms with E-state index < -0.39 is 0 Å². The molecule has 1 atom stereocenters. The number of piperidine rings is 1. The van der Waals surface area contributed by atoms with Crippen LogP contribution in [-0.2, 0) is 4.74 Å². The van der Waals surface area contributed by atoms with Crippen LogP contribution < -0.4 is 0 Å². The molecule has 0 aliphatic carbocycles. The molecule has 2 aromatic rings. The number of hydrogen-bond donors (Lipinski definition) is 0. The number of hydrogen-bond acceptors (Lipinski definition) is 5. The summed E-state index contributed by atoms with van der Waals surface area (Å²) in [5, 5.41) is 4.43. The van der Waals surface area contributed by atoms with E-state index in [1.54, 1.807) is 10.7 Å². The van der Waals surface area contributed by atoms with Crippen molar-refractivity contribution in [1.82, 2.24) is 24.4 Å². The summed E-state index contributed by atoms with van der Waals surface area (Å²) < 4.78 is 7.05. The fourth-order valence-electron chi connectivity index (χ4n) is 4.53. The first-order chi connectivity index (χ1) is 13.8. The average Bonchev–Trinajstić information content (AvgIpc) is 3.24. The second-order valence-corrected chi connectivity index (χ2v) is 8.60. The van der Waals surface area contributed by atoms with Gasteiger partial charge in [0.1, 0.15) is 6.61 Å². The summed E-state index contributed by atoms with van der Waals surface area (Å²) in [4.78, 5) is 33.6. The van der Waals surface area contributed by atoms with Gasteiger partial charge in [-0.25, -0.2) is 14.3 Å². The summed E-state index contributed by atoms with van der Waals surface area (Å²) in [5.41, 5.74) is 3.01. The van der Waals surface area contributed by atoms with Crippen LogP contribution in [0.15, 0.2) is 12.3 Å². The monoisotopic (exact) mass is 399 g/mol. The van der Waals surface area contributed by atoms with Crippen LogP contribution in [0.5, 0.6) is 0 Å². The third kappa shape index (κ3) is 3.68. The zero-order valence-electron chi connectivity index (χ0n) is 17.6. The lowest BCUT2D eigenvalue weighted by Crippen LogP contribution is -2.50. The number of carbonyl (C=O) groups excluding carboxylic acids is 2. The van der Waals surface area contributed by atoms with Gasteiger partial charge in [-0.2, -0.15) is 5.10 Å². The van der Waals surface area contributed by atoms with Crippen LogP contribution in [-0.4, -0.2) is 68.2 Å². The van der Waals surface area contributed by atoms with E-state index in [-0.39, 0.29) is 24.1 Å². The van der Waals surface area contributed by atoms with Gasteiger partial charge in [0, 0.05) is 31.4 Å². The smallest absolute Gasteiger partial charge is 0.410 e. The number of cyclic esters (lactones) is 1. The average molecular weight is 399 g/mol. The second kappa shape index (κ2) is 7.65. The molecule has 0 unspecified atom stereocenters. The number of fused-ring (bicyclic) bond motifs is 1. The van der Waals surface area contributed by atoms with Crippen molar-refractivity contribution in [2.45, 2.75) is 59.0 Å². The van der Waals surface area contributed by atoms with Gasteiger partial charge >= 0.3 is 6.09 Å². The topological polar surface area (TPSA) is 80.0 Å². The number of ether oxygens (including phenoxy) is 1. The lowest BCUT2D eigenvalue weighted by Gasteiger charge is -2.38. The Morgan fingerprint density at radius 1 is 1.28 bits per heavy atom. The number of likely N-dealkylation sites (tertiary alicyclic amines) is 1. The number of amides is 2.